The molecule has 0 N–H and O–H groups in total. The molecule has 6 nitrogen and oxygen atoms in total. The van der Waals surface area contributed by atoms with Crippen LogP contribution >= 0.6 is 0 Å². The zero-order valence-corrected chi connectivity index (χ0v) is 14.3. The number of ether oxygens (including phenoxy) is 1. The summed E-state index contributed by atoms with van der Waals surface area (Å²) in [6.07, 6.45) is 5.60. The van der Waals surface area contributed by atoms with Gasteiger partial charge >= 0.3 is 0 Å². The quantitative estimate of drug-likeness (QED) is 0.855. The van der Waals surface area contributed by atoms with Gasteiger partial charge in [0.1, 0.15) is 0 Å². The number of carbonyl (C=O) groups is 1. The number of morpholine rings is 1. The first-order valence-corrected chi connectivity index (χ1v) is 9.10. The van der Waals surface area contributed by atoms with Gasteiger partial charge < -0.3 is 14.2 Å². The lowest BCUT2D eigenvalue weighted by Gasteiger charge is -2.43. The van der Waals surface area contributed by atoms with Crippen LogP contribution in [-0.4, -0.2) is 46.2 Å². The van der Waals surface area contributed by atoms with Crippen LogP contribution in [0.15, 0.2) is 34.9 Å². The smallest absolute Gasteiger partial charge is 0.227 e. The fourth-order valence-electron chi connectivity index (χ4n) is 3.82. The van der Waals surface area contributed by atoms with Gasteiger partial charge in [-0.15, -0.1) is 0 Å². The maximum Gasteiger partial charge on any atom is 0.227 e. The topological polar surface area (TPSA) is 68.5 Å². The molecule has 6 heteroatoms. The first-order chi connectivity index (χ1) is 12.3. The highest BCUT2D eigenvalue weighted by molar-refractivity contribution is 5.77. The van der Waals surface area contributed by atoms with Crippen LogP contribution in [0.1, 0.15) is 38.0 Å². The highest BCUT2D eigenvalue weighted by Crippen LogP contribution is 2.29. The Balaban J connectivity index is 1.36. The maximum atomic E-state index is 12.7. The molecule has 2 aliphatic rings. The average molecular weight is 341 g/mol. The van der Waals surface area contributed by atoms with Gasteiger partial charge in [0, 0.05) is 24.9 Å². The molecule has 4 rings (SSSR count). The van der Waals surface area contributed by atoms with Gasteiger partial charge in [-0.25, -0.2) is 0 Å². The molecule has 2 heterocycles. The van der Waals surface area contributed by atoms with Crippen molar-refractivity contribution in [1.29, 1.82) is 0 Å². The van der Waals surface area contributed by atoms with Crippen molar-refractivity contribution in [3.8, 4) is 11.4 Å². The number of rotatable bonds is 4. The molecule has 132 valence electrons. The van der Waals surface area contributed by atoms with Crippen LogP contribution in [0.2, 0.25) is 0 Å². The number of amides is 1. The summed E-state index contributed by atoms with van der Waals surface area (Å²) in [5, 5.41) is 4.01. The zero-order valence-electron chi connectivity index (χ0n) is 14.3. The van der Waals surface area contributed by atoms with E-state index in [4.69, 9.17) is 9.26 Å². The minimum Gasteiger partial charge on any atom is -0.374 e. The number of fused-ring (bicyclic) bond motifs is 1. The minimum atomic E-state index is 0.166. The standard InChI is InChI=1S/C19H23N3O3/c23-18(22-12-13-24-16-9-5-4-8-15(16)22)11-10-17-20-19(21-25-17)14-6-2-1-3-7-14/h1-3,6-7,15-16H,4-5,8-13H2/t15-,16-/m1/s1. The lowest BCUT2D eigenvalue weighted by molar-refractivity contribution is -0.149. The van der Waals surface area contributed by atoms with Gasteiger partial charge in [-0.05, 0) is 12.8 Å². The van der Waals surface area contributed by atoms with E-state index >= 15 is 0 Å². The van der Waals surface area contributed by atoms with Crippen molar-refractivity contribution in [2.45, 2.75) is 50.7 Å². The molecule has 0 radical (unpaired) electrons. The molecule has 0 spiro atoms. The predicted octanol–water partition coefficient (Wildman–Crippen LogP) is 2.84. The van der Waals surface area contributed by atoms with E-state index in [1.54, 1.807) is 0 Å². The third-order valence-electron chi connectivity index (χ3n) is 5.11. The average Bonchev–Trinajstić information content (AvgIpc) is 3.15. The van der Waals surface area contributed by atoms with E-state index in [-0.39, 0.29) is 18.1 Å². The van der Waals surface area contributed by atoms with Crippen LogP contribution in [0.4, 0.5) is 0 Å². The van der Waals surface area contributed by atoms with Crippen LogP contribution in [0.5, 0.6) is 0 Å². The Morgan fingerprint density at radius 3 is 2.92 bits per heavy atom. The Hall–Kier alpha value is -2.21. The van der Waals surface area contributed by atoms with Gasteiger partial charge in [0.2, 0.25) is 17.6 Å². The van der Waals surface area contributed by atoms with Gasteiger partial charge in [-0.3, -0.25) is 4.79 Å². The van der Waals surface area contributed by atoms with E-state index in [0.29, 0.717) is 37.7 Å². The molecule has 1 saturated heterocycles. The molecule has 1 amide bonds. The van der Waals surface area contributed by atoms with E-state index < -0.39 is 0 Å². The summed E-state index contributed by atoms with van der Waals surface area (Å²) >= 11 is 0. The van der Waals surface area contributed by atoms with Gasteiger partial charge in [-0.2, -0.15) is 4.98 Å². The van der Waals surface area contributed by atoms with Gasteiger partial charge in [0.05, 0.1) is 18.8 Å². The number of hydrogen-bond donors (Lipinski definition) is 0. The van der Waals surface area contributed by atoms with Crippen molar-refractivity contribution in [3.05, 3.63) is 36.2 Å². The predicted molar refractivity (Wildman–Crippen MR) is 91.8 cm³/mol. The van der Waals surface area contributed by atoms with Crippen molar-refractivity contribution in [3.63, 3.8) is 0 Å². The first kappa shape index (κ1) is 16.3. The lowest BCUT2D eigenvalue weighted by Crippen LogP contribution is -2.54. The third-order valence-corrected chi connectivity index (χ3v) is 5.11. The number of carbonyl (C=O) groups excluding carboxylic acids is 1. The largest absolute Gasteiger partial charge is 0.374 e. The molecular weight excluding hydrogens is 318 g/mol. The van der Waals surface area contributed by atoms with Crippen molar-refractivity contribution in [2.75, 3.05) is 13.2 Å². The van der Waals surface area contributed by atoms with Crippen molar-refractivity contribution >= 4 is 5.91 Å². The van der Waals surface area contributed by atoms with Crippen molar-refractivity contribution in [1.82, 2.24) is 15.0 Å². The fraction of sp³-hybridized carbons (Fsp3) is 0.526. The molecule has 1 saturated carbocycles. The molecule has 25 heavy (non-hydrogen) atoms. The second-order valence-corrected chi connectivity index (χ2v) is 6.73. The number of benzene rings is 1. The molecule has 2 atom stereocenters. The van der Waals surface area contributed by atoms with E-state index in [1.165, 1.54) is 12.8 Å². The summed E-state index contributed by atoms with van der Waals surface area (Å²) in [5.41, 5.74) is 0.919. The molecule has 1 aliphatic carbocycles. The van der Waals surface area contributed by atoms with E-state index in [0.717, 1.165) is 18.4 Å². The molecule has 0 bridgehead atoms. The summed E-state index contributed by atoms with van der Waals surface area (Å²) < 4.78 is 11.1. The number of hydrogen-bond acceptors (Lipinski definition) is 5. The van der Waals surface area contributed by atoms with Crippen LogP contribution in [0, 0.1) is 0 Å². The van der Waals surface area contributed by atoms with Gasteiger partial charge in [0.25, 0.3) is 0 Å². The summed E-state index contributed by atoms with van der Waals surface area (Å²) in [5.74, 6) is 1.25. The number of nitrogens with zero attached hydrogens (tertiary/aromatic N) is 3. The summed E-state index contributed by atoms with van der Waals surface area (Å²) in [6, 6.07) is 9.96. The van der Waals surface area contributed by atoms with Crippen LogP contribution < -0.4 is 0 Å². The van der Waals surface area contributed by atoms with E-state index in [2.05, 4.69) is 10.1 Å². The Labute approximate surface area is 147 Å². The highest BCUT2D eigenvalue weighted by Gasteiger charge is 2.36. The molecule has 1 aromatic heterocycles. The third kappa shape index (κ3) is 3.58. The van der Waals surface area contributed by atoms with E-state index in [1.807, 2.05) is 35.2 Å². The molecule has 0 unspecified atom stereocenters. The Bertz CT molecular complexity index is 714. The summed E-state index contributed by atoms with van der Waals surface area (Å²) in [7, 11) is 0. The first-order valence-electron chi connectivity index (χ1n) is 9.10. The van der Waals surface area contributed by atoms with Crippen LogP contribution in [-0.2, 0) is 16.0 Å². The minimum absolute atomic E-state index is 0.166. The van der Waals surface area contributed by atoms with Crippen molar-refractivity contribution in [2.24, 2.45) is 0 Å². The second-order valence-electron chi connectivity index (χ2n) is 6.73. The van der Waals surface area contributed by atoms with Crippen LogP contribution in [0.25, 0.3) is 11.4 Å². The molecule has 2 fully saturated rings. The number of aryl methyl sites for hydroxylation is 1. The van der Waals surface area contributed by atoms with Gasteiger partial charge in [0.15, 0.2) is 0 Å². The maximum absolute atomic E-state index is 12.7. The molecule has 1 aromatic carbocycles. The summed E-state index contributed by atoms with van der Waals surface area (Å²) in [6.45, 7) is 1.34. The molecular formula is C19H23N3O3. The van der Waals surface area contributed by atoms with Crippen LogP contribution in [0.3, 0.4) is 0 Å². The molecule has 1 aliphatic heterocycles. The normalized spacial score (nSPS) is 23.3. The summed E-state index contributed by atoms with van der Waals surface area (Å²) in [4.78, 5) is 19.1. The van der Waals surface area contributed by atoms with E-state index in [9.17, 15) is 4.79 Å². The van der Waals surface area contributed by atoms with Gasteiger partial charge in [-0.1, -0.05) is 48.3 Å². The highest BCUT2D eigenvalue weighted by atomic mass is 16.5. The second kappa shape index (κ2) is 7.35. The lowest BCUT2D eigenvalue weighted by atomic mass is 9.90. The van der Waals surface area contributed by atoms with Crippen molar-refractivity contribution < 1.29 is 14.1 Å². The Kier molecular flexibility index (Phi) is 4.78. The monoisotopic (exact) mass is 341 g/mol. The molecule has 2 aromatic rings. The zero-order chi connectivity index (χ0) is 17.1. The SMILES string of the molecule is O=C(CCc1nc(-c2ccccc2)no1)N1CCO[C@@H]2CCCC[C@H]21. The number of aromatic nitrogens is 2. The Morgan fingerprint density at radius 2 is 2.04 bits per heavy atom. The fourth-order valence-corrected chi connectivity index (χ4v) is 3.82. The Morgan fingerprint density at radius 1 is 1.20 bits per heavy atom.